The molecule has 3 rings (SSSR count). The highest BCUT2D eigenvalue weighted by Gasteiger charge is 2.47. The molecule has 2 fully saturated rings. The van der Waals surface area contributed by atoms with Crippen LogP contribution in [0.1, 0.15) is 19.8 Å². The van der Waals surface area contributed by atoms with Gasteiger partial charge in [0.15, 0.2) is 0 Å². The second-order valence-electron chi connectivity index (χ2n) is 7.78. The molecule has 1 aromatic rings. The zero-order valence-corrected chi connectivity index (χ0v) is 16.2. The Morgan fingerprint density at radius 3 is 2.58 bits per heavy atom. The molecule has 26 heavy (non-hydrogen) atoms. The third-order valence-electron chi connectivity index (χ3n) is 5.43. The number of piperidine rings is 1. The molecular formula is C20H31N3O3. The van der Waals surface area contributed by atoms with Crippen molar-refractivity contribution in [3.63, 3.8) is 0 Å². The maximum atomic E-state index is 12.2. The van der Waals surface area contributed by atoms with Crippen molar-refractivity contribution in [2.75, 3.05) is 53.4 Å². The molecule has 144 valence electrons. The Hall–Kier alpha value is -1.79. The van der Waals surface area contributed by atoms with Gasteiger partial charge in [0, 0.05) is 45.1 Å². The van der Waals surface area contributed by atoms with Gasteiger partial charge in [0.2, 0.25) is 0 Å². The molecule has 0 bridgehead atoms. The van der Waals surface area contributed by atoms with Gasteiger partial charge in [-0.2, -0.15) is 0 Å². The van der Waals surface area contributed by atoms with E-state index in [-0.39, 0.29) is 11.7 Å². The highest BCUT2D eigenvalue weighted by Crippen LogP contribution is 2.33. The zero-order valence-electron chi connectivity index (χ0n) is 16.2. The van der Waals surface area contributed by atoms with E-state index in [0.717, 1.165) is 51.3 Å². The van der Waals surface area contributed by atoms with Crippen LogP contribution in [-0.2, 0) is 4.74 Å². The number of likely N-dealkylation sites (N-methyl/N-ethyl adjacent to an activating group) is 1. The molecule has 2 saturated heterocycles. The third-order valence-corrected chi connectivity index (χ3v) is 5.43. The average molecular weight is 361 g/mol. The van der Waals surface area contributed by atoms with Gasteiger partial charge in [0.1, 0.15) is 18.0 Å². The van der Waals surface area contributed by atoms with Crippen molar-refractivity contribution in [1.82, 2.24) is 14.7 Å². The summed E-state index contributed by atoms with van der Waals surface area (Å²) in [7, 11) is 4.04. The highest BCUT2D eigenvalue weighted by atomic mass is 16.6. The molecule has 0 aliphatic carbocycles. The molecule has 0 aromatic heterocycles. The fourth-order valence-corrected chi connectivity index (χ4v) is 3.66. The first-order chi connectivity index (χ1) is 12.5. The summed E-state index contributed by atoms with van der Waals surface area (Å²) in [5.74, 6) is 0.911. The van der Waals surface area contributed by atoms with Gasteiger partial charge in [-0.05, 0) is 33.2 Å². The van der Waals surface area contributed by atoms with Gasteiger partial charge in [-0.25, -0.2) is 4.79 Å². The minimum atomic E-state index is -0.292. The molecular weight excluding hydrogens is 330 g/mol. The normalized spacial score (nSPS) is 21.2. The van der Waals surface area contributed by atoms with Crippen molar-refractivity contribution in [3.8, 4) is 5.75 Å². The van der Waals surface area contributed by atoms with Crippen LogP contribution in [0.3, 0.4) is 0 Å². The van der Waals surface area contributed by atoms with Gasteiger partial charge in [-0.1, -0.05) is 18.2 Å². The van der Waals surface area contributed by atoms with Crippen molar-refractivity contribution in [2.24, 2.45) is 0 Å². The summed E-state index contributed by atoms with van der Waals surface area (Å²) in [6.45, 7) is 7.07. The number of benzene rings is 1. The Morgan fingerprint density at radius 2 is 1.92 bits per heavy atom. The van der Waals surface area contributed by atoms with Gasteiger partial charge in [0.25, 0.3) is 0 Å². The van der Waals surface area contributed by atoms with E-state index in [0.29, 0.717) is 12.6 Å². The maximum Gasteiger partial charge on any atom is 0.410 e. The Morgan fingerprint density at radius 1 is 1.23 bits per heavy atom. The first-order valence-corrected chi connectivity index (χ1v) is 9.52. The van der Waals surface area contributed by atoms with Crippen LogP contribution in [0.5, 0.6) is 5.75 Å². The van der Waals surface area contributed by atoms with E-state index in [1.54, 1.807) is 0 Å². The molecule has 2 aliphatic rings. The number of carbonyl (C=O) groups excluding carboxylic acids is 1. The lowest BCUT2D eigenvalue weighted by Crippen LogP contribution is -2.50. The number of hydrogen-bond donors (Lipinski definition) is 0. The molecule has 2 heterocycles. The molecule has 1 amide bonds. The van der Waals surface area contributed by atoms with Crippen molar-refractivity contribution in [1.29, 1.82) is 0 Å². The fourth-order valence-electron chi connectivity index (χ4n) is 3.66. The van der Waals surface area contributed by atoms with Crippen LogP contribution < -0.4 is 4.74 Å². The number of ether oxygens (including phenoxy) is 2. The van der Waals surface area contributed by atoms with Gasteiger partial charge in [-0.3, -0.25) is 4.90 Å². The van der Waals surface area contributed by atoms with Crippen molar-refractivity contribution < 1.29 is 14.3 Å². The molecule has 0 radical (unpaired) electrons. The van der Waals surface area contributed by atoms with E-state index in [1.165, 1.54) is 0 Å². The Labute approximate surface area is 156 Å². The average Bonchev–Trinajstić information content (AvgIpc) is 2.94. The molecule has 0 N–H and O–H groups in total. The summed E-state index contributed by atoms with van der Waals surface area (Å²) < 4.78 is 11.7. The van der Waals surface area contributed by atoms with Gasteiger partial charge < -0.3 is 19.3 Å². The van der Waals surface area contributed by atoms with Gasteiger partial charge >= 0.3 is 6.09 Å². The predicted molar refractivity (Wildman–Crippen MR) is 102 cm³/mol. The maximum absolute atomic E-state index is 12.2. The highest BCUT2D eigenvalue weighted by molar-refractivity contribution is 5.70. The first kappa shape index (κ1) is 19.0. The van der Waals surface area contributed by atoms with E-state index in [4.69, 9.17) is 9.47 Å². The number of para-hydroxylation sites is 1. The van der Waals surface area contributed by atoms with Gasteiger partial charge in [0.05, 0.1) is 6.54 Å². The van der Waals surface area contributed by atoms with Crippen LogP contribution in [0.2, 0.25) is 0 Å². The van der Waals surface area contributed by atoms with E-state index in [9.17, 15) is 4.79 Å². The summed E-state index contributed by atoms with van der Waals surface area (Å²) in [4.78, 5) is 18.6. The standard InChI is InChI=1S/C20H31N3O3/c1-17(15-25-18-7-5-4-6-8-18)22-11-9-20(10-12-22)16-23(19(24)26-20)14-13-21(2)3/h4-8,17H,9-16H2,1-3H3. The lowest BCUT2D eigenvalue weighted by Gasteiger charge is -2.40. The Bertz CT molecular complexity index is 585. The van der Waals surface area contributed by atoms with Crippen LogP contribution in [0.25, 0.3) is 0 Å². The predicted octanol–water partition coefficient (Wildman–Crippen LogP) is 2.30. The van der Waals surface area contributed by atoms with Crippen LogP contribution in [-0.4, -0.2) is 85.9 Å². The molecule has 1 aromatic carbocycles. The molecule has 2 aliphatic heterocycles. The lowest BCUT2D eigenvalue weighted by atomic mass is 9.90. The second kappa shape index (κ2) is 8.27. The van der Waals surface area contributed by atoms with Crippen LogP contribution >= 0.6 is 0 Å². The molecule has 6 heteroatoms. The second-order valence-corrected chi connectivity index (χ2v) is 7.78. The number of carbonyl (C=O) groups is 1. The Balaban J connectivity index is 1.45. The van der Waals surface area contributed by atoms with Crippen molar-refractivity contribution in [3.05, 3.63) is 30.3 Å². The number of hydrogen-bond acceptors (Lipinski definition) is 5. The quantitative estimate of drug-likeness (QED) is 0.746. The number of amides is 1. The number of nitrogens with zero attached hydrogens (tertiary/aromatic N) is 3. The van der Waals surface area contributed by atoms with Crippen molar-refractivity contribution >= 4 is 6.09 Å². The van der Waals surface area contributed by atoms with Crippen LogP contribution in [0.4, 0.5) is 4.79 Å². The van der Waals surface area contributed by atoms with Crippen molar-refractivity contribution in [2.45, 2.75) is 31.4 Å². The number of likely N-dealkylation sites (tertiary alicyclic amines) is 1. The molecule has 0 saturated carbocycles. The monoisotopic (exact) mass is 361 g/mol. The largest absolute Gasteiger partial charge is 0.492 e. The SMILES string of the molecule is CC(COc1ccccc1)N1CCC2(CC1)CN(CCN(C)C)C(=O)O2. The number of rotatable bonds is 7. The lowest BCUT2D eigenvalue weighted by molar-refractivity contribution is -0.0131. The topological polar surface area (TPSA) is 45.2 Å². The van der Waals surface area contributed by atoms with Gasteiger partial charge in [-0.15, -0.1) is 0 Å². The van der Waals surface area contributed by atoms with E-state index < -0.39 is 0 Å². The fraction of sp³-hybridized carbons (Fsp3) is 0.650. The smallest absolute Gasteiger partial charge is 0.410 e. The van der Waals surface area contributed by atoms with E-state index in [1.807, 2.05) is 49.3 Å². The summed E-state index contributed by atoms with van der Waals surface area (Å²) in [6, 6.07) is 10.3. The third kappa shape index (κ3) is 4.68. The summed E-state index contributed by atoms with van der Waals surface area (Å²) in [5, 5.41) is 0. The molecule has 1 unspecified atom stereocenters. The summed E-state index contributed by atoms with van der Waals surface area (Å²) in [6.07, 6.45) is 1.64. The molecule has 1 atom stereocenters. The summed E-state index contributed by atoms with van der Waals surface area (Å²) in [5.41, 5.74) is -0.292. The van der Waals surface area contributed by atoms with E-state index >= 15 is 0 Å². The summed E-state index contributed by atoms with van der Waals surface area (Å²) >= 11 is 0. The first-order valence-electron chi connectivity index (χ1n) is 9.52. The van der Waals surface area contributed by atoms with E-state index in [2.05, 4.69) is 16.7 Å². The van der Waals surface area contributed by atoms with Crippen LogP contribution in [0, 0.1) is 0 Å². The molecule has 1 spiro atoms. The molecule has 6 nitrogen and oxygen atoms in total. The minimum absolute atomic E-state index is 0.152. The minimum Gasteiger partial charge on any atom is -0.492 e. The van der Waals surface area contributed by atoms with Crippen LogP contribution in [0.15, 0.2) is 30.3 Å². The zero-order chi connectivity index (χ0) is 18.6. The Kier molecular flexibility index (Phi) is 6.04.